The van der Waals surface area contributed by atoms with Crippen molar-refractivity contribution in [2.75, 3.05) is 5.32 Å². The lowest BCUT2D eigenvalue weighted by Crippen LogP contribution is -2.18. The molecule has 21 heavy (non-hydrogen) atoms. The van der Waals surface area contributed by atoms with Crippen molar-refractivity contribution in [3.63, 3.8) is 0 Å². The Balaban J connectivity index is 1.99. The fourth-order valence-corrected chi connectivity index (χ4v) is 1.98. The molecular weight excluding hydrogens is 295 g/mol. The molecule has 3 rings (SSSR count). The molecule has 6 nitrogen and oxygen atoms in total. The van der Waals surface area contributed by atoms with Crippen LogP contribution in [0.3, 0.4) is 0 Å². The van der Waals surface area contributed by atoms with E-state index in [4.69, 9.17) is 19.4 Å². The predicted molar refractivity (Wildman–Crippen MR) is 75.5 cm³/mol. The molecule has 0 unspecified atom stereocenters. The third-order valence-corrected chi connectivity index (χ3v) is 2.87. The Morgan fingerprint density at radius 3 is 2.95 bits per heavy atom. The van der Waals surface area contributed by atoms with Gasteiger partial charge in [-0.3, -0.25) is 4.79 Å². The molecule has 3 aromatic rings. The molecule has 1 amide bonds. The van der Waals surface area contributed by atoms with Crippen molar-refractivity contribution in [3.8, 4) is 0 Å². The molecule has 0 spiro atoms. The van der Waals surface area contributed by atoms with Gasteiger partial charge >= 0.3 is 0 Å². The van der Waals surface area contributed by atoms with Gasteiger partial charge in [-0.15, -0.1) is 0 Å². The summed E-state index contributed by atoms with van der Waals surface area (Å²) in [7, 11) is 5.75. The van der Waals surface area contributed by atoms with E-state index in [9.17, 15) is 9.18 Å². The SMILES string of the molecule is [B]c1cc(Cl)nn2c(C(=O)Nc3ccnc(F)c3)cnc12. The highest BCUT2D eigenvalue weighted by Gasteiger charge is 2.15. The molecule has 0 saturated heterocycles. The van der Waals surface area contributed by atoms with Crippen LogP contribution < -0.4 is 10.8 Å². The van der Waals surface area contributed by atoms with E-state index in [-0.39, 0.29) is 16.5 Å². The number of carbonyl (C=O) groups excluding carboxylic acids is 1. The van der Waals surface area contributed by atoms with E-state index in [1.54, 1.807) is 0 Å². The average Bonchev–Trinajstić information content (AvgIpc) is 2.82. The van der Waals surface area contributed by atoms with Crippen LogP contribution in [0.4, 0.5) is 10.1 Å². The zero-order valence-corrected chi connectivity index (χ0v) is 11.2. The van der Waals surface area contributed by atoms with Crippen molar-refractivity contribution in [3.05, 3.63) is 47.4 Å². The molecule has 0 bridgehead atoms. The second kappa shape index (κ2) is 5.14. The first-order valence-corrected chi connectivity index (χ1v) is 6.15. The Morgan fingerprint density at radius 2 is 2.19 bits per heavy atom. The third kappa shape index (κ3) is 2.57. The first-order chi connectivity index (χ1) is 10.0. The monoisotopic (exact) mass is 301 g/mol. The van der Waals surface area contributed by atoms with E-state index in [1.165, 1.54) is 29.0 Å². The number of anilines is 1. The van der Waals surface area contributed by atoms with E-state index in [1.807, 2.05) is 0 Å². The van der Waals surface area contributed by atoms with Crippen molar-refractivity contribution >= 4 is 42.2 Å². The molecule has 0 aliphatic carbocycles. The maximum absolute atomic E-state index is 13.0. The zero-order valence-electron chi connectivity index (χ0n) is 10.4. The summed E-state index contributed by atoms with van der Waals surface area (Å²) in [4.78, 5) is 19.6. The fourth-order valence-electron chi connectivity index (χ4n) is 1.79. The number of nitrogens with one attached hydrogen (secondary N) is 1. The largest absolute Gasteiger partial charge is 0.320 e. The van der Waals surface area contributed by atoms with Crippen LogP contribution in [0.25, 0.3) is 5.65 Å². The number of aromatic nitrogens is 4. The molecule has 102 valence electrons. The molecule has 9 heteroatoms. The van der Waals surface area contributed by atoms with Gasteiger partial charge in [0.15, 0.2) is 5.69 Å². The summed E-state index contributed by atoms with van der Waals surface area (Å²) in [6.07, 6.45) is 2.55. The van der Waals surface area contributed by atoms with Crippen LogP contribution >= 0.6 is 11.6 Å². The quantitative estimate of drug-likeness (QED) is 0.565. The van der Waals surface area contributed by atoms with Crippen LogP contribution in [0.15, 0.2) is 30.6 Å². The molecule has 0 saturated carbocycles. The summed E-state index contributed by atoms with van der Waals surface area (Å²) in [6.45, 7) is 0. The number of hydrogen-bond acceptors (Lipinski definition) is 4. The van der Waals surface area contributed by atoms with Crippen molar-refractivity contribution in [2.24, 2.45) is 0 Å². The number of halogens is 2. The van der Waals surface area contributed by atoms with Crippen LogP contribution in [0.5, 0.6) is 0 Å². The van der Waals surface area contributed by atoms with Gasteiger partial charge in [0, 0.05) is 18.0 Å². The number of fused-ring (bicyclic) bond motifs is 1. The maximum Gasteiger partial charge on any atom is 0.276 e. The van der Waals surface area contributed by atoms with E-state index in [0.717, 1.165) is 6.07 Å². The molecule has 3 heterocycles. The molecule has 3 aromatic heterocycles. The van der Waals surface area contributed by atoms with Gasteiger partial charge in [-0.1, -0.05) is 11.6 Å². The van der Waals surface area contributed by atoms with E-state index in [2.05, 4.69) is 20.4 Å². The van der Waals surface area contributed by atoms with Crippen LogP contribution in [0.1, 0.15) is 10.5 Å². The van der Waals surface area contributed by atoms with Gasteiger partial charge in [0.2, 0.25) is 5.95 Å². The van der Waals surface area contributed by atoms with Gasteiger partial charge in [-0.25, -0.2) is 14.5 Å². The Kier molecular flexibility index (Phi) is 3.30. The summed E-state index contributed by atoms with van der Waals surface area (Å²) >= 11 is 5.81. The van der Waals surface area contributed by atoms with E-state index in [0.29, 0.717) is 11.1 Å². The van der Waals surface area contributed by atoms with Crippen molar-refractivity contribution in [1.29, 1.82) is 0 Å². The number of imidazole rings is 1. The average molecular weight is 301 g/mol. The van der Waals surface area contributed by atoms with E-state index >= 15 is 0 Å². The smallest absolute Gasteiger partial charge is 0.276 e. The zero-order chi connectivity index (χ0) is 15.0. The normalized spacial score (nSPS) is 10.8. The Morgan fingerprint density at radius 1 is 1.38 bits per heavy atom. The Hall–Kier alpha value is -2.48. The highest BCUT2D eigenvalue weighted by Crippen LogP contribution is 2.11. The van der Waals surface area contributed by atoms with Crippen molar-refractivity contribution in [2.45, 2.75) is 0 Å². The number of nitrogens with zero attached hydrogens (tertiary/aromatic N) is 4. The van der Waals surface area contributed by atoms with Gasteiger partial charge in [0.05, 0.1) is 6.20 Å². The van der Waals surface area contributed by atoms with Gasteiger partial charge < -0.3 is 5.32 Å². The Bertz CT molecular complexity index is 853. The molecular formula is C12H6BClFN5O. The van der Waals surface area contributed by atoms with Crippen LogP contribution in [0.2, 0.25) is 5.15 Å². The minimum Gasteiger partial charge on any atom is -0.320 e. The van der Waals surface area contributed by atoms with Crippen LogP contribution in [0, 0.1) is 5.95 Å². The number of hydrogen-bond donors (Lipinski definition) is 1. The highest BCUT2D eigenvalue weighted by atomic mass is 35.5. The van der Waals surface area contributed by atoms with Gasteiger partial charge in [-0.05, 0) is 17.6 Å². The predicted octanol–water partition coefficient (Wildman–Crippen LogP) is 0.963. The third-order valence-electron chi connectivity index (χ3n) is 2.68. The number of pyridine rings is 1. The van der Waals surface area contributed by atoms with Crippen molar-refractivity contribution in [1.82, 2.24) is 19.6 Å². The second-order valence-corrected chi connectivity index (χ2v) is 4.51. The minimum absolute atomic E-state index is 0.122. The van der Waals surface area contributed by atoms with Crippen LogP contribution in [-0.4, -0.2) is 33.3 Å². The topological polar surface area (TPSA) is 72.2 Å². The molecule has 0 aliphatic heterocycles. The molecule has 0 aromatic carbocycles. The molecule has 0 aliphatic rings. The molecule has 0 fully saturated rings. The van der Waals surface area contributed by atoms with Gasteiger partial charge in [-0.2, -0.15) is 9.49 Å². The lowest BCUT2D eigenvalue weighted by atomic mass is 9.99. The summed E-state index contributed by atoms with van der Waals surface area (Å²) < 4.78 is 14.2. The van der Waals surface area contributed by atoms with Gasteiger partial charge in [0.1, 0.15) is 18.6 Å². The standard InChI is InChI=1S/C12H6BClFN5O/c13-7-4-9(14)19-20-8(5-17-11(7)20)12(21)18-6-1-2-16-10(15)3-6/h1-5H,(H,16,18,21). The number of amides is 1. The number of rotatable bonds is 2. The maximum atomic E-state index is 13.0. The summed E-state index contributed by atoms with van der Waals surface area (Å²) in [6, 6.07) is 3.98. The lowest BCUT2D eigenvalue weighted by molar-refractivity contribution is 0.102. The minimum atomic E-state index is -0.698. The summed E-state index contributed by atoms with van der Waals surface area (Å²) in [5, 5.41) is 6.61. The first-order valence-electron chi connectivity index (χ1n) is 5.77. The highest BCUT2D eigenvalue weighted by molar-refractivity contribution is 6.38. The second-order valence-electron chi connectivity index (χ2n) is 4.12. The molecule has 1 N–H and O–H groups in total. The summed E-state index contributed by atoms with van der Waals surface area (Å²) in [5.41, 5.74) is 0.989. The number of carbonyl (C=O) groups is 1. The molecule has 0 atom stereocenters. The lowest BCUT2D eigenvalue weighted by Gasteiger charge is -2.05. The Labute approximate surface area is 124 Å². The fraction of sp³-hybridized carbons (Fsp3) is 0. The summed E-state index contributed by atoms with van der Waals surface area (Å²) in [5.74, 6) is -1.22. The molecule has 2 radical (unpaired) electrons. The van der Waals surface area contributed by atoms with E-state index < -0.39 is 11.9 Å². The van der Waals surface area contributed by atoms with Crippen molar-refractivity contribution < 1.29 is 9.18 Å². The first kappa shape index (κ1) is 13.5. The van der Waals surface area contributed by atoms with Gasteiger partial charge in [0.25, 0.3) is 5.91 Å². The van der Waals surface area contributed by atoms with Crippen LogP contribution in [-0.2, 0) is 0 Å².